The van der Waals surface area contributed by atoms with Crippen LogP contribution in [0.4, 0.5) is 11.4 Å². The Hall–Kier alpha value is -2.12. The number of fused-ring (bicyclic) bond motifs is 2. The molecule has 0 unspecified atom stereocenters. The number of rotatable bonds is 4. The summed E-state index contributed by atoms with van der Waals surface area (Å²) in [6.45, 7) is 0. The highest BCUT2D eigenvalue weighted by Gasteiger charge is 2.09. The Labute approximate surface area is 198 Å². The summed E-state index contributed by atoms with van der Waals surface area (Å²) in [5.74, 6) is 0. The normalized spacial score (nSPS) is 12.1. The van der Waals surface area contributed by atoms with Crippen LogP contribution >= 0.6 is 54.5 Å². The minimum Gasteiger partial charge on any atom is -0.254 e. The number of hydrogen-bond acceptors (Lipinski definition) is 4. The van der Waals surface area contributed by atoms with Crippen molar-refractivity contribution in [2.45, 2.75) is 0 Å². The first-order valence-electron chi connectivity index (χ1n) is 9.22. The van der Waals surface area contributed by atoms with Crippen molar-refractivity contribution in [2.24, 2.45) is 9.98 Å². The third-order valence-electron chi connectivity index (χ3n) is 4.72. The predicted molar refractivity (Wildman–Crippen MR) is 140 cm³/mol. The van der Waals surface area contributed by atoms with Crippen molar-refractivity contribution < 1.29 is 0 Å². The Kier molecular flexibility index (Phi) is 5.65. The van der Waals surface area contributed by atoms with Crippen LogP contribution in [0.1, 0.15) is 11.1 Å². The second-order valence-electron chi connectivity index (χ2n) is 6.58. The SMILES string of the molecule is Brc1sc2ccccc2c1C=Nc1ccccc1N=Cc1c(Br)sc2ccccc12. The van der Waals surface area contributed by atoms with E-state index in [1.54, 1.807) is 22.7 Å². The molecule has 2 nitrogen and oxygen atoms in total. The Bertz CT molecular complexity index is 1320. The van der Waals surface area contributed by atoms with Crippen LogP contribution in [0.15, 0.2) is 90.4 Å². The van der Waals surface area contributed by atoms with Crippen molar-refractivity contribution in [3.8, 4) is 0 Å². The van der Waals surface area contributed by atoms with E-state index in [9.17, 15) is 0 Å². The molecule has 5 rings (SSSR count). The van der Waals surface area contributed by atoms with Gasteiger partial charge in [-0.1, -0.05) is 48.5 Å². The first kappa shape index (κ1) is 19.8. The fourth-order valence-electron chi connectivity index (χ4n) is 3.26. The highest BCUT2D eigenvalue weighted by atomic mass is 79.9. The van der Waals surface area contributed by atoms with Gasteiger partial charge in [-0.25, -0.2) is 0 Å². The summed E-state index contributed by atoms with van der Waals surface area (Å²) >= 11 is 10.8. The average molecular weight is 554 g/mol. The minimum atomic E-state index is 0.839. The molecule has 30 heavy (non-hydrogen) atoms. The molecule has 0 amide bonds. The highest BCUT2D eigenvalue weighted by Crippen LogP contribution is 2.37. The second-order valence-corrected chi connectivity index (χ2v) is 11.3. The number of halogens is 2. The lowest BCUT2D eigenvalue weighted by Crippen LogP contribution is -1.81. The van der Waals surface area contributed by atoms with Crippen LogP contribution in [-0.4, -0.2) is 12.4 Å². The lowest BCUT2D eigenvalue weighted by atomic mass is 10.2. The van der Waals surface area contributed by atoms with Crippen molar-refractivity contribution in [2.75, 3.05) is 0 Å². The topological polar surface area (TPSA) is 24.7 Å². The summed E-state index contributed by atoms with van der Waals surface area (Å²) in [5.41, 5.74) is 3.88. The molecule has 0 atom stereocenters. The van der Waals surface area contributed by atoms with Gasteiger partial charge in [-0.3, -0.25) is 9.98 Å². The number of benzene rings is 3. The van der Waals surface area contributed by atoms with Gasteiger partial charge in [0.05, 0.1) is 18.9 Å². The van der Waals surface area contributed by atoms with Crippen molar-refractivity contribution in [1.82, 2.24) is 0 Å². The van der Waals surface area contributed by atoms with Gasteiger partial charge in [0.25, 0.3) is 0 Å². The monoisotopic (exact) mass is 552 g/mol. The number of para-hydroxylation sites is 2. The van der Waals surface area contributed by atoms with Gasteiger partial charge in [0, 0.05) is 43.7 Å². The summed E-state index contributed by atoms with van der Waals surface area (Å²) in [6, 6.07) is 24.7. The van der Waals surface area contributed by atoms with Crippen LogP contribution in [0, 0.1) is 0 Å². The van der Waals surface area contributed by atoms with Crippen molar-refractivity contribution in [3.05, 3.63) is 91.5 Å². The van der Waals surface area contributed by atoms with Gasteiger partial charge in [0.15, 0.2) is 0 Å². The van der Waals surface area contributed by atoms with Crippen molar-refractivity contribution >= 4 is 98.5 Å². The van der Waals surface area contributed by atoms with Gasteiger partial charge in [-0.15, -0.1) is 22.7 Å². The predicted octanol–water partition coefficient (Wildman–Crippen LogP) is 9.14. The minimum absolute atomic E-state index is 0.839. The summed E-state index contributed by atoms with van der Waals surface area (Å²) < 4.78 is 4.65. The summed E-state index contributed by atoms with van der Waals surface area (Å²) in [5, 5.41) is 2.40. The maximum atomic E-state index is 4.77. The molecule has 0 fully saturated rings. The summed E-state index contributed by atoms with van der Waals surface area (Å²) in [6.07, 6.45) is 3.85. The van der Waals surface area contributed by atoms with E-state index in [1.807, 2.05) is 36.7 Å². The van der Waals surface area contributed by atoms with Crippen molar-refractivity contribution in [3.63, 3.8) is 0 Å². The molecule has 0 saturated carbocycles. The van der Waals surface area contributed by atoms with E-state index in [1.165, 1.54) is 20.2 Å². The largest absolute Gasteiger partial charge is 0.254 e. The molecule has 0 aliphatic rings. The van der Waals surface area contributed by atoms with E-state index < -0.39 is 0 Å². The van der Waals surface area contributed by atoms with Gasteiger partial charge in [0.1, 0.15) is 0 Å². The Morgan fingerprint density at radius 1 is 0.567 bits per heavy atom. The van der Waals surface area contributed by atoms with Crippen LogP contribution in [0.2, 0.25) is 0 Å². The molecule has 0 N–H and O–H groups in total. The zero-order valence-corrected chi connectivity index (χ0v) is 20.4. The number of hydrogen-bond donors (Lipinski definition) is 0. The maximum Gasteiger partial charge on any atom is 0.0886 e. The molecule has 0 aliphatic heterocycles. The lowest BCUT2D eigenvalue weighted by molar-refractivity contribution is 1.46. The average Bonchev–Trinajstić information content (AvgIpc) is 3.26. The first-order chi connectivity index (χ1) is 14.7. The molecule has 3 aromatic carbocycles. The standard InChI is InChI=1S/C24H14Br2N2S2/c25-23-17(15-7-1-5-11-21(15)29-23)13-27-19-9-3-4-10-20(19)28-14-18-16-8-2-6-12-22(16)30-24(18)26/h1-14H. The molecule has 0 radical (unpaired) electrons. The molecule has 2 heterocycles. The molecule has 146 valence electrons. The van der Waals surface area contributed by atoms with E-state index in [2.05, 4.69) is 80.4 Å². The third-order valence-corrected chi connectivity index (χ3v) is 8.50. The van der Waals surface area contributed by atoms with Crippen LogP contribution in [0.25, 0.3) is 20.2 Å². The van der Waals surface area contributed by atoms with Gasteiger partial charge in [-0.05, 0) is 56.1 Å². The Morgan fingerprint density at radius 2 is 0.967 bits per heavy atom. The number of aliphatic imine (C=N–C) groups is 2. The van der Waals surface area contributed by atoms with Crippen molar-refractivity contribution in [1.29, 1.82) is 0 Å². The highest BCUT2D eigenvalue weighted by molar-refractivity contribution is 9.11. The quantitative estimate of drug-likeness (QED) is 0.198. The first-order valence-corrected chi connectivity index (χ1v) is 12.4. The Morgan fingerprint density at radius 3 is 1.43 bits per heavy atom. The van der Waals surface area contributed by atoms with Crippen LogP contribution in [-0.2, 0) is 0 Å². The van der Waals surface area contributed by atoms with Gasteiger partial charge < -0.3 is 0 Å². The summed E-state index contributed by atoms with van der Waals surface area (Å²) in [4.78, 5) is 9.55. The smallest absolute Gasteiger partial charge is 0.0886 e. The number of nitrogens with zero attached hydrogens (tertiary/aromatic N) is 2. The van der Waals surface area contributed by atoms with Crippen LogP contribution < -0.4 is 0 Å². The molecule has 6 heteroatoms. The molecule has 0 saturated heterocycles. The zero-order valence-electron chi connectivity index (χ0n) is 15.5. The molecular formula is C24H14Br2N2S2. The molecule has 0 spiro atoms. The molecule has 5 aromatic rings. The van der Waals surface area contributed by atoms with E-state index in [0.717, 1.165) is 30.1 Å². The lowest BCUT2D eigenvalue weighted by Gasteiger charge is -2.00. The van der Waals surface area contributed by atoms with Gasteiger partial charge in [-0.2, -0.15) is 0 Å². The van der Waals surface area contributed by atoms with Crippen LogP contribution in [0.3, 0.4) is 0 Å². The van der Waals surface area contributed by atoms with E-state index in [4.69, 9.17) is 9.98 Å². The molecular weight excluding hydrogens is 540 g/mol. The fourth-order valence-corrected chi connectivity index (χ4v) is 6.74. The molecule has 0 bridgehead atoms. The van der Waals surface area contributed by atoms with E-state index in [0.29, 0.717) is 0 Å². The van der Waals surface area contributed by atoms with Gasteiger partial charge in [0.2, 0.25) is 0 Å². The molecule has 2 aromatic heterocycles. The maximum absolute atomic E-state index is 4.77. The molecule has 0 aliphatic carbocycles. The third kappa shape index (κ3) is 3.81. The number of thiophene rings is 2. The zero-order chi connectivity index (χ0) is 20.5. The van der Waals surface area contributed by atoms with Crippen LogP contribution in [0.5, 0.6) is 0 Å². The summed E-state index contributed by atoms with van der Waals surface area (Å²) in [7, 11) is 0. The Balaban J connectivity index is 1.51. The van der Waals surface area contributed by atoms with E-state index in [-0.39, 0.29) is 0 Å². The van der Waals surface area contributed by atoms with Gasteiger partial charge >= 0.3 is 0 Å². The fraction of sp³-hybridized carbons (Fsp3) is 0. The second kappa shape index (κ2) is 8.55. The van der Waals surface area contributed by atoms with E-state index >= 15 is 0 Å².